The first kappa shape index (κ1) is 15.6. The number of hydrogen-bond donors (Lipinski definition) is 1. The van der Waals surface area contributed by atoms with Crippen LogP contribution in [0.4, 0.5) is 0 Å². The summed E-state index contributed by atoms with van der Waals surface area (Å²) >= 11 is 12.1. The fraction of sp³-hybridized carbons (Fsp3) is 0.0588. The predicted octanol–water partition coefficient (Wildman–Crippen LogP) is 4.60. The zero-order valence-electron chi connectivity index (χ0n) is 11.9. The molecule has 0 aliphatic rings. The van der Waals surface area contributed by atoms with Crippen LogP contribution in [-0.4, -0.2) is 20.6 Å². The number of carboxylic acid groups (broad SMARTS) is 1. The Kier molecular flexibility index (Phi) is 4.37. The first-order chi connectivity index (χ1) is 11.0. The monoisotopic (exact) mass is 346 g/mol. The van der Waals surface area contributed by atoms with E-state index in [1.165, 1.54) is 0 Å². The highest BCUT2D eigenvalue weighted by atomic mass is 35.5. The Balaban J connectivity index is 1.80. The smallest absolute Gasteiger partial charge is 0.335 e. The number of aromatic nitrogens is 2. The van der Waals surface area contributed by atoms with Crippen LogP contribution in [0.15, 0.2) is 55.0 Å². The maximum absolute atomic E-state index is 10.8. The third kappa shape index (κ3) is 3.55. The Hall–Kier alpha value is -2.30. The van der Waals surface area contributed by atoms with Gasteiger partial charge >= 0.3 is 5.97 Å². The van der Waals surface area contributed by atoms with Crippen molar-refractivity contribution >= 4 is 29.2 Å². The third-order valence-corrected chi connectivity index (χ3v) is 3.95. The summed E-state index contributed by atoms with van der Waals surface area (Å²) in [7, 11) is 0. The van der Waals surface area contributed by atoms with E-state index in [-0.39, 0.29) is 5.56 Å². The van der Waals surface area contributed by atoms with Gasteiger partial charge < -0.3 is 9.67 Å². The topological polar surface area (TPSA) is 55.1 Å². The fourth-order valence-corrected chi connectivity index (χ4v) is 2.75. The SMILES string of the molecule is O=C(O)c1ccc(Cn2cnc(-c3ccc(Cl)cc3Cl)c2)cc1. The summed E-state index contributed by atoms with van der Waals surface area (Å²) in [5, 5.41) is 10.0. The average molecular weight is 347 g/mol. The molecule has 6 heteroatoms. The molecule has 0 unspecified atom stereocenters. The first-order valence-electron chi connectivity index (χ1n) is 6.82. The second kappa shape index (κ2) is 6.44. The van der Waals surface area contributed by atoms with E-state index in [4.69, 9.17) is 28.3 Å². The molecule has 4 nitrogen and oxygen atoms in total. The molecule has 0 saturated carbocycles. The van der Waals surface area contributed by atoms with E-state index in [1.54, 1.807) is 42.7 Å². The van der Waals surface area contributed by atoms with Crippen LogP contribution in [-0.2, 0) is 6.54 Å². The minimum Gasteiger partial charge on any atom is -0.478 e. The number of aromatic carboxylic acids is 1. The van der Waals surface area contributed by atoms with Gasteiger partial charge in [-0.15, -0.1) is 0 Å². The molecule has 0 atom stereocenters. The van der Waals surface area contributed by atoms with Crippen LogP contribution in [0.1, 0.15) is 15.9 Å². The van der Waals surface area contributed by atoms with E-state index in [0.717, 1.165) is 16.8 Å². The van der Waals surface area contributed by atoms with Crippen LogP contribution >= 0.6 is 23.2 Å². The lowest BCUT2D eigenvalue weighted by Gasteiger charge is -2.03. The number of carbonyl (C=O) groups is 1. The van der Waals surface area contributed by atoms with Gasteiger partial charge in [0.2, 0.25) is 0 Å². The van der Waals surface area contributed by atoms with Gasteiger partial charge in [-0.3, -0.25) is 0 Å². The third-order valence-electron chi connectivity index (χ3n) is 3.41. The standard InChI is InChI=1S/C17H12Cl2N2O2/c18-13-5-6-14(15(19)7-13)16-9-21(10-20-16)8-11-1-3-12(4-2-11)17(22)23/h1-7,9-10H,8H2,(H,22,23). The van der Waals surface area contributed by atoms with Gasteiger partial charge in [0.15, 0.2) is 0 Å². The number of imidazole rings is 1. The van der Waals surface area contributed by atoms with Gasteiger partial charge in [0.05, 0.1) is 22.6 Å². The molecule has 2 aromatic carbocycles. The Morgan fingerprint density at radius 3 is 2.52 bits per heavy atom. The summed E-state index contributed by atoms with van der Waals surface area (Å²) in [6.07, 6.45) is 3.60. The van der Waals surface area contributed by atoms with Crippen molar-refractivity contribution < 1.29 is 9.90 Å². The Bertz CT molecular complexity index is 857. The molecule has 1 heterocycles. The van der Waals surface area contributed by atoms with Crippen LogP contribution in [0, 0.1) is 0 Å². The molecule has 1 N–H and O–H groups in total. The van der Waals surface area contributed by atoms with Crippen molar-refractivity contribution in [1.29, 1.82) is 0 Å². The molecule has 3 rings (SSSR count). The van der Waals surface area contributed by atoms with Gasteiger partial charge in [0.25, 0.3) is 0 Å². The minimum absolute atomic E-state index is 0.271. The molecule has 0 aliphatic carbocycles. The zero-order valence-corrected chi connectivity index (χ0v) is 13.4. The number of hydrogen-bond acceptors (Lipinski definition) is 2. The van der Waals surface area contributed by atoms with Crippen molar-refractivity contribution in [1.82, 2.24) is 9.55 Å². The molecule has 0 aliphatic heterocycles. The number of rotatable bonds is 4. The first-order valence-corrected chi connectivity index (χ1v) is 7.58. The predicted molar refractivity (Wildman–Crippen MR) is 90.2 cm³/mol. The van der Waals surface area contributed by atoms with E-state index in [1.807, 2.05) is 16.8 Å². The summed E-state index contributed by atoms with van der Waals surface area (Å²) in [5.41, 5.74) is 2.83. The minimum atomic E-state index is -0.932. The van der Waals surface area contributed by atoms with E-state index in [0.29, 0.717) is 16.6 Å². The average Bonchev–Trinajstić information content (AvgIpc) is 2.96. The Morgan fingerprint density at radius 2 is 1.87 bits per heavy atom. The second-order valence-corrected chi connectivity index (χ2v) is 5.90. The molecule has 0 radical (unpaired) electrons. The number of nitrogens with zero attached hydrogens (tertiary/aromatic N) is 2. The molecule has 0 amide bonds. The van der Waals surface area contributed by atoms with Crippen molar-refractivity contribution in [2.45, 2.75) is 6.54 Å². The highest BCUT2D eigenvalue weighted by molar-refractivity contribution is 6.36. The van der Waals surface area contributed by atoms with Crippen molar-refractivity contribution in [3.05, 3.63) is 76.2 Å². The summed E-state index contributed by atoms with van der Waals surface area (Å²) < 4.78 is 1.91. The van der Waals surface area contributed by atoms with Gasteiger partial charge in [-0.1, -0.05) is 35.3 Å². The summed E-state index contributed by atoms with van der Waals surface area (Å²) in [6.45, 7) is 0.595. The molecule has 116 valence electrons. The highest BCUT2D eigenvalue weighted by Crippen LogP contribution is 2.29. The molecule has 23 heavy (non-hydrogen) atoms. The highest BCUT2D eigenvalue weighted by Gasteiger charge is 2.08. The molecule has 0 saturated heterocycles. The largest absolute Gasteiger partial charge is 0.478 e. The number of halogens is 2. The van der Waals surface area contributed by atoms with Crippen LogP contribution in [0.5, 0.6) is 0 Å². The summed E-state index contributed by atoms with van der Waals surface area (Å²) in [6, 6.07) is 12.0. The summed E-state index contributed by atoms with van der Waals surface area (Å²) in [4.78, 5) is 15.2. The zero-order chi connectivity index (χ0) is 16.4. The van der Waals surface area contributed by atoms with Crippen molar-refractivity contribution in [3.63, 3.8) is 0 Å². The van der Waals surface area contributed by atoms with E-state index >= 15 is 0 Å². The molecule has 1 aromatic heterocycles. The van der Waals surface area contributed by atoms with Gasteiger partial charge in [-0.2, -0.15) is 0 Å². The number of carboxylic acids is 1. The number of benzene rings is 2. The second-order valence-electron chi connectivity index (χ2n) is 5.06. The maximum atomic E-state index is 10.8. The quantitative estimate of drug-likeness (QED) is 0.750. The maximum Gasteiger partial charge on any atom is 0.335 e. The summed E-state index contributed by atoms with van der Waals surface area (Å²) in [5.74, 6) is -0.932. The molecule has 0 fully saturated rings. The van der Waals surface area contributed by atoms with Crippen LogP contribution in [0.25, 0.3) is 11.3 Å². The molecule has 3 aromatic rings. The van der Waals surface area contributed by atoms with Crippen molar-refractivity contribution in [3.8, 4) is 11.3 Å². The van der Waals surface area contributed by atoms with Crippen LogP contribution < -0.4 is 0 Å². The van der Waals surface area contributed by atoms with Crippen molar-refractivity contribution in [2.24, 2.45) is 0 Å². The normalized spacial score (nSPS) is 10.7. The van der Waals surface area contributed by atoms with Gasteiger partial charge in [-0.25, -0.2) is 9.78 Å². The lowest BCUT2D eigenvalue weighted by atomic mass is 10.1. The van der Waals surface area contributed by atoms with E-state index in [9.17, 15) is 4.79 Å². The van der Waals surface area contributed by atoms with Crippen molar-refractivity contribution in [2.75, 3.05) is 0 Å². The van der Waals surface area contributed by atoms with E-state index in [2.05, 4.69) is 4.98 Å². The Morgan fingerprint density at radius 1 is 1.13 bits per heavy atom. The fourth-order valence-electron chi connectivity index (χ4n) is 2.25. The lowest BCUT2D eigenvalue weighted by Crippen LogP contribution is -1.99. The van der Waals surface area contributed by atoms with Crippen LogP contribution in [0.3, 0.4) is 0 Å². The molecule has 0 bridgehead atoms. The van der Waals surface area contributed by atoms with Crippen LogP contribution in [0.2, 0.25) is 10.0 Å². The van der Waals surface area contributed by atoms with Gasteiger partial charge in [0.1, 0.15) is 0 Å². The van der Waals surface area contributed by atoms with Gasteiger partial charge in [-0.05, 0) is 35.9 Å². The molecular weight excluding hydrogens is 335 g/mol. The Labute approximate surface area is 142 Å². The molecular formula is C17H12Cl2N2O2. The van der Waals surface area contributed by atoms with E-state index < -0.39 is 5.97 Å². The molecule has 0 spiro atoms. The van der Waals surface area contributed by atoms with Gasteiger partial charge in [0, 0.05) is 23.3 Å². The lowest BCUT2D eigenvalue weighted by molar-refractivity contribution is 0.0697.